The van der Waals surface area contributed by atoms with Gasteiger partial charge in [0.15, 0.2) is 0 Å². The third-order valence-corrected chi connectivity index (χ3v) is 6.35. The van der Waals surface area contributed by atoms with Gasteiger partial charge in [0.1, 0.15) is 0 Å². The lowest BCUT2D eigenvalue weighted by atomic mass is 10.1. The van der Waals surface area contributed by atoms with E-state index in [0.29, 0.717) is 32.6 Å². The largest absolute Gasteiger partial charge is 0.378 e. The molecule has 182 valence electrons. The molecule has 0 saturated carbocycles. The van der Waals surface area contributed by atoms with Gasteiger partial charge < -0.3 is 19.9 Å². The van der Waals surface area contributed by atoms with Crippen LogP contribution in [-0.4, -0.2) is 74.6 Å². The molecule has 1 atom stereocenters. The van der Waals surface area contributed by atoms with Gasteiger partial charge in [-0.25, -0.2) is 0 Å². The van der Waals surface area contributed by atoms with E-state index in [1.165, 1.54) is 51.4 Å². The van der Waals surface area contributed by atoms with Crippen molar-refractivity contribution in [2.24, 2.45) is 0 Å². The molecule has 6 heteroatoms. The van der Waals surface area contributed by atoms with Crippen molar-refractivity contribution in [2.45, 2.75) is 103 Å². The second kappa shape index (κ2) is 18.4. The zero-order chi connectivity index (χ0) is 22.7. The van der Waals surface area contributed by atoms with E-state index in [2.05, 4.69) is 12.2 Å². The molecule has 0 aromatic rings. The molecule has 1 aliphatic heterocycles. The maximum Gasteiger partial charge on any atom is 0.224 e. The van der Waals surface area contributed by atoms with Crippen LogP contribution in [0.1, 0.15) is 96.8 Å². The zero-order valence-corrected chi connectivity index (χ0v) is 20.6. The van der Waals surface area contributed by atoms with E-state index in [-0.39, 0.29) is 17.9 Å². The van der Waals surface area contributed by atoms with E-state index >= 15 is 0 Å². The molecule has 1 heterocycles. The monoisotopic (exact) mass is 439 g/mol. The van der Waals surface area contributed by atoms with Gasteiger partial charge in [0, 0.05) is 45.6 Å². The number of likely N-dealkylation sites (tertiary alicyclic amines) is 1. The van der Waals surface area contributed by atoms with Crippen LogP contribution in [0.2, 0.25) is 0 Å². The number of carbonyl (C=O) groups is 2. The van der Waals surface area contributed by atoms with Crippen LogP contribution in [0, 0.1) is 0 Å². The van der Waals surface area contributed by atoms with Gasteiger partial charge in [0.2, 0.25) is 11.8 Å². The summed E-state index contributed by atoms with van der Waals surface area (Å²) >= 11 is 0. The first-order valence-corrected chi connectivity index (χ1v) is 12.9. The Morgan fingerprint density at radius 1 is 1.00 bits per heavy atom. The summed E-state index contributed by atoms with van der Waals surface area (Å²) < 4.78 is 5.50. The second-order valence-corrected chi connectivity index (χ2v) is 9.05. The Bertz CT molecular complexity index is 473. The van der Waals surface area contributed by atoms with Gasteiger partial charge in [-0.3, -0.25) is 9.59 Å². The van der Waals surface area contributed by atoms with Gasteiger partial charge in [0.05, 0.1) is 13.2 Å². The normalized spacial score (nSPS) is 16.1. The quantitative estimate of drug-likeness (QED) is 0.304. The number of amides is 2. The SMILES string of the molecule is CCCCCCCCCCCCC(=O)N1CCCC1CC(=O)N(C)CCOCCNC. The topological polar surface area (TPSA) is 61.9 Å². The Kier molecular flexibility index (Phi) is 16.6. The van der Waals surface area contributed by atoms with Crippen molar-refractivity contribution in [1.82, 2.24) is 15.1 Å². The second-order valence-electron chi connectivity index (χ2n) is 9.05. The molecule has 1 aliphatic rings. The fourth-order valence-corrected chi connectivity index (χ4v) is 4.24. The van der Waals surface area contributed by atoms with Gasteiger partial charge in [-0.2, -0.15) is 0 Å². The number of nitrogens with one attached hydrogen (secondary N) is 1. The molecule has 6 nitrogen and oxygen atoms in total. The summed E-state index contributed by atoms with van der Waals surface area (Å²) in [4.78, 5) is 29.0. The van der Waals surface area contributed by atoms with Crippen LogP contribution in [0.25, 0.3) is 0 Å². The van der Waals surface area contributed by atoms with Crippen molar-refractivity contribution >= 4 is 11.8 Å². The van der Waals surface area contributed by atoms with Crippen LogP contribution < -0.4 is 5.32 Å². The number of ether oxygens (including phenoxy) is 1. The maximum atomic E-state index is 12.7. The predicted molar refractivity (Wildman–Crippen MR) is 128 cm³/mol. The van der Waals surface area contributed by atoms with Gasteiger partial charge >= 0.3 is 0 Å². The number of nitrogens with zero attached hydrogens (tertiary/aromatic N) is 2. The van der Waals surface area contributed by atoms with E-state index in [1.54, 1.807) is 4.90 Å². The number of rotatable bonds is 19. The van der Waals surface area contributed by atoms with Crippen LogP contribution in [0.3, 0.4) is 0 Å². The molecule has 1 saturated heterocycles. The van der Waals surface area contributed by atoms with Crippen LogP contribution in [0.4, 0.5) is 0 Å². The first-order chi connectivity index (χ1) is 15.1. The van der Waals surface area contributed by atoms with Gasteiger partial charge in [-0.1, -0.05) is 64.7 Å². The lowest BCUT2D eigenvalue weighted by Crippen LogP contribution is -2.40. The van der Waals surface area contributed by atoms with Crippen molar-refractivity contribution in [3.8, 4) is 0 Å². The molecule has 1 fully saturated rings. The van der Waals surface area contributed by atoms with Crippen molar-refractivity contribution in [3.63, 3.8) is 0 Å². The lowest BCUT2D eigenvalue weighted by Gasteiger charge is -2.26. The smallest absolute Gasteiger partial charge is 0.224 e. The zero-order valence-electron chi connectivity index (χ0n) is 20.6. The Balaban J connectivity index is 2.15. The van der Waals surface area contributed by atoms with Crippen LogP contribution in [0.15, 0.2) is 0 Å². The Morgan fingerprint density at radius 3 is 2.29 bits per heavy atom. The molecule has 0 spiro atoms. The minimum absolute atomic E-state index is 0.0794. The van der Waals surface area contributed by atoms with Crippen molar-refractivity contribution < 1.29 is 14.3 Å². The molecule has 1 N–H and O–H groups in total. The highest BCUT2D eigenvalue weighted by molar-refractivity contribution is 5.80. The minimum atomic E-state index is 0.0794. The minimum Gasteiger partial charge on any atom is -0.378 e. The Morgan fingerprint density at radius 2 is 1.65 bits per heavy atom. The van der Waals surface area contributed by atoms with Crippen LogP contribution in [-0.2, 0) is 14.3 Å². The number of hydrogen-bond donors (Lipinski definition) is 1. The third kappa shape index (κ3) is 13.1. The molecule has 31 heavy (non-hydrogen) atoms. The summed E-state index contributed by atoms with van der Waals surface area (Å²) in [5.41, 5.74) is 0. The molecule has 0 aliphatic carbocycles. The summed E-state index contributed by atoms with van der Waals surface area (Å²) in [5, 5.41) is 3.03. The van der Waals surface area contributed by atoms with E-state index in [1.807, 2.05) is 19.0 Å². The fraction of sp³-hybridized carbons (Fsp3) is 0.920. The van der Waals surface area contributed by atoms with Crippen LogP contribution >= 0.6 is 0 Å². The van der Waals surface area contributed by atoms with E-state index in [9.17, 15) is 9.59 Å². The van der Waals surface area contributed by atoms with Gasteiger partial charge in [0.25, 0.3) is 0 Å². The summed E-state index contributed by atoms with van der Waals surface area (Å²) in [7, 11) is 3.72. The summed E-state index contributed by atoms with van der Waals surface area (Å²) in [6.07, 6.45) is 15.8. The molecular formula is C25H49N3O3. The Hall–Kier alpha value is -1.14. The predicted octanol–water partition coefficient (Wildman–Crippen LogP) is 4.37. The average molecular weight is 440 g/mol. The molecular weight excluding hydrogens is 390 g/mol. The highest BCUT2D eigenvalue weighted by Gasteiger charge is 2.30. The Labute approximate surface area is 191 Å². The van der Waals surface area contributed by atoms with E-state index in [0.717, 1.165) is 38.8 Å². The van der Waals surface area contributed by atoms with Crippen molar-refractivity contribution in [1.29, 1.82) is 0 Å². The summed E-state index contributed by atoms with van der Waals surface area (Å²) in [6, 6.07) is 0.0794. The molecule has 2 amide bonds. The highest BCUT2D eigenvalue weighted by atomic mass is 16.5. The molecule has 1 unspecified atom stereocenters. The van der Waals surface area contributed by atoms with E-state index in [4.69, 9.17) is 4.74 Å². The summed E-state index contributed by atoms with van der Waals surface area (Å²) in [5.74, 6) is 0.355. The molecule has 0 aromatic carbocycles. The molecule has 0 bridgehead atoms. The molecule has 0 aromatic heterocycles. The number of hydrogen-bond acceptors (Lipinski definition) is 4. The highest BCUT2D eigenvalue weighted by Crippen LogP contribution is 2.22. The number of carbonyl (C=O) groups excluding carboxylic acids is 2. The average Bonchev–Trinajstić information content (AvgIpc) is 3.22. The van der Waals surface area contributed by atoms with Crippen molar-refractivity contribution in [3.05, 3.63) is 0 Å². The van der Waals surface area contributed by atoms with Crippen molar-refractivity contribution in [2.75, 3.05) is 46.9 Å². The number of likely N-dealkylation sites (N-methyl/N-ethyl adjacent to an activating group) is 2. The van der Waals surface area contributed by atoms with E-state index < -0.39 is 0 Å². The van der Waals surface area contributed by atoms with Gasteiger partial charge in [-0.05, 0) is 26.3 Å². The molecule has 1 rings (SSSR count). The van der Waals surface area contributed by atoms with Gasteiger partial charge in [-0.15, -0.1) is 0 Å². The lowest BCUT2D eigenvalue weighted by molar-refractivity contribution is -0.135. The third-order valence-electron chi connectivity index (χ3n) is 6.35. The fourth-order valence-electron chi connectivity index (χ4n) is 4.24. The number of unbranched alkanes of at least 4 members (excludes halogenated alkanes) is 9. The maximum absolute atomic E-state index is 12.7. The first kappa shape index (κ1) is 27.9. The van der Waals surface area contributed by atoms with Crippen LogP contribution in [0.5, 0.6) is 0 Å². The first-order valence-electron chi connectivity index (χ1n) is 12.9. The standard InChI is InChI=1S/C25H49N3O3/c1-4-5-6-7-8-9-10-11-12-13-16-24(29)28-18-14-15-23(28)22-25(30)27(3)19-21-31-20-17-26-2/h23,26H,4-22H2,1-3H3. The summed E-state index contributed by atoms with van der Waals surface area (Å²) in [6.45, 7) is 5.69. The molecule has 0 radical (unpaired) electrons.